The number of rotatable bonds is 3. The van der Waals surface area contributed by atoms with E-state index in [1.54, 1.807) is 19.2 Å². The van der Waals surface area contributed by atoms with Gasteiger partial charge in [0.15, 0.2) is 0 Å². The summed E-state index contributed by atoms with van der Waals surface area (Å²) < 4.78 is 5.04. The van der Waals surface area contributed by atoms with E-state index in [0.717, 1.165) is 0 Å². The third-order valence-electron chi connectivity index (χ3n) is 2.14. The van der Waals surface area contributed by atoms with E-state index >= 15 is 0 Å². The van der Waals surface area contributed by atoms with Crippen molar-refractivity contribution >= 4 is 5.69 Å². The minimum atomic E-state index is -0.515. The molecule has 2 rings (SSSR count). The quantitative estimate of drug-likeness (QED) is 0.576. The Morgan fingerprint density at radius 1 is 1.47 bits per heavy atom. The van der Waals surface area contributed by atoms with Gasteiger partial charge in [-0.05, 0) is 11.3 Å². The van der Waals surface area contributed by atoms with Gasteiger partial charge in [0.1, 0.15) is 0 Å². The third kappa shape index (κ3) is 1.92. The van der Waals surface area contributed by atoms with Crippen LogP contribution in [0.15, 0.2) is 18.2 Å². The van der Waals surface area contributed by atoms with E-state index in [4.69, 9.17) is 4.74 Å². The van der Waals surface area contributed by atoms with Crippen molar-refractivity contribution in [1.29, 1.82) is 0 Å². The van der Waals surface area contributed by atoms with Crippen molar-refractivity contribution in [2.75, 3.05) is 7.11 Å². The van der Waals surface area contributed by atoms with Crippen molar-refractivity contribution in [3.05, 3.63) is 28.3 Å². The number of methoxy groups -OCH3 is 1. The predicted molar refractivity (Wildman–Crippen MR) is 57.4 cm³/mol. The number of para-hydroxylation sites is 1. The van der Waals surface area contributed by atoms with Crippen molar-refractivity contribution in [2.45, 2.75) is 0 Å². The average Bonchev–Trinajstić information content (AvgIpc) is 2.74. The van der Waals surface area contributed by atoms with Crippen LogP contribution in [0.3, 0.4) is 0 Å². The summed E-state index contributed by atoms with van der Waals surface area (Å²) in [5.41, 5.74) is 0.312. The summed E-state index contributed by atoms with van der Waals surface area (Å²) in [4.78, 5) is 11.6. The van der Waals surface area contributed by atoms with Crippen LogP contribution in [-0.4, -0.2) is 32.2 Å². The molecule has 0 amide bonds. The lowest BCUT2D eigenvalue weighted by Crippen LogP contribution is -1.97. The topological polar surface area (TPSA) is 96.0 Å². The molecule has 2 aromatic rings. The summed E-state index contributed by atoms with van der Waals surface area (Å²) in [6.07, 6.45) is 0. The Balaban J connectivity index is 2.61. The van der Waals surface area contributed by atoms with Crippen molar-refractivity contribution in [3.8, 4) is 17.1 Å². The Labute approximate surface area is 96.0 Å². The second-order valence-corrected chi connectivity index (χ2v) is 3.22. The van der Waals surface area contributed by atoms with E-state index in [1.165, 1.54) is 18.0 Å². The molecule has 88 valence electrons. The number of tetrazole rings is 1. The second kappa shape index (κ2) is 4.16. The Hall–Kier alpha value is -2.51. The molecule has 0 saturated heterocycles. The van der Waals surface area contributed by atoms with Gasteiger partial charge in [0, 0.05) is 6.07 Å². The number of aryl methyl sites for hydroxylation is 1. The van der Waals surface area contributed by atoms with Gasteiger partial charge < -0.3 is 4.74 Å². The minimum Gasteiger partial charge on any atom is -0.490 e. The van der Waals surface area contributed by atoms with Gasteiger partial charge in [0.2, 0.25) is 11.6 Å². The Morgan fingerprint density at radius 2 is 2.24 bits per heavy atom. The summed E-state index contributed by atoms with van der Waals surface area (Å²) in [7, 11) is 2.97. The predicted octanol–water partition coefficient (Wildman–Crippen LogP) is 0.794. The molecule has 8 nitrogen and oxygen atoms in total. The van der Waals surface area contributed by atoms with Crippen LogP contribution in [0.1, 0.15) is 0 Å². The molecule has 17 heavy (non-hydrogen) atoms. The number of aromatic nitrogens is 4. The first-order valence-corrected chi connectivity index (χ1v) is 4.69. The van der Waals surface area contributed by atoms with E-state index in [1.807, 2.05) is 0 Å². The first-order valence-electron chi connectivity index (χ1n) is 4.69. The fourth-order valence-corrected chi connectivity index (χ4v) is 1.45. The summed E-state index contributed by atoms with van der Waals surface area (Å²) >= 11 is 0. The van der Waals surface area contributed by atoms with Gasteiger partial charge >= 0.3 is 5.69 Å². The molecule has 1 aromatic heterocycles. The molecular weight excluding hydrogens is 226 g/mol. The van der Waals surface area contributed by atoms with Gasteiger partial charge in [0.05, 0.1) is 24.6 Å². The second-order valence-electron chi connectivity index (χ2n) is 3.22. The number of ether oxygens (including phenoxy) is 1. The van der Waals surface area contributed by atoms with Crippen LogP contribution in [0, 0.1) is 10.1 Å². The van der Waals surface area contributed by atoms with E-state index < -0.39 is 4.92 Å². The number of hydrogen-bond donors (Lipinski definition) is 0. The van der Waals surface area contributed by atoms with Gasteiger partial charge in [-0.1, -0.05) is 6.07 Å². The SMILES string of the molecule is COc1c(-c2nnn(C)n2)cccc1[N+](=O)[O-]. The van der Waals surface area contributed by atoms with Crippen LogP contribution in [0.5, 0.6) is 5.75 Å². The molecular formula is C9H9N5O3. The maximum atomic E-state index is 10.8. The Bertz CT molecular complexity index is 566. The smallest absolute Gasteiger partial charge is 0.311 e. The maximum absolute atomic E-state index is 10.8. The zero-order chi connectivity index (χ0) is 12.4. The van der Waals surface area contributed by atoms with Crippen LogP contribution in [0.2, 0.25) is 0 Å². The first kappa shape index (κ1) is 11.0. The molecule has 0 atom stereocenters. The molecule has 0 fully saturated rings. The summed E-state index contributed by atoms with van der Waals surface area (Å²) in [6, 6.07) is 4.55. The zero-order valence-electron chi connectivity index (χ0n) is 9.19. The number of nitrogens with zero attached hydrogens (tertiary/aromatic N) is 5. The number of nitro groups is 1. The lowest BCUT2D eigenvalue weighted by Gasteiger charge is -2.04. The molecule has 0 unspecified atom stereocenters. The van der Waals surface area contributed by atoms with Crippen molar-refractivity contribution < 1.29 is 9.66 Å². The molecule has 1 aromatic carbocycles. The normalized spacial score (nSPS) is 10.2. The molecule has 0 bridgehead atoms. The molecule has 8 heteroatoms. The van der Waals surface area contributed by atoms with E-state index in [9.17, 15) is 10.1 Å². The zero-order valence-corrected chi connectivity index (χ0v) is 9.19. The highest BCUT2D eigenvalue weighted by atomic mass is 16.6. The van der Waals surface area contributed by atoms with Crippen LogP contribution in [0.4, 0.5) is 5.69 Å². The molecule has 0 N–H and O–H groups in total. The third-order valence-corrected chi connectivity index (χ3v) is 2.14. The molecule has 0 saturated carbocycles. The van der Waals surface area contributed by atoms with Crippen molar-refractivity contribution in [3.63, 3.8) is 0 Å². The van der Waals surface area contributed by atoms with Crippen LogP contribution in [0.25, 0.3) is 11.4 Å². The van der Waals surface area contributed by atoms with Gasteiger partial charge in [-0.2, -0.15) is 4.80 Å². The number of hydrogen-bond acceptors (Lipinski definition) is 6. The Kier molecular flexibility index (Phi) is 2.69. The molecule has 0 aliphatic carbocycles. The lowest BCUT2D eigenvalue weighted by atomic mass is 10.1. The lowest BCUT2D eigenvalue weighted by molar-refractivity contribution is -0.385. The standard InChI is InChI=1S/C9H9N5O3/c1-13-11-9(10-12-13)6-4-3-5-7(14(15)16)8(6)17-2/h3-5H,1-2H3. The van der Waals surface area contributed by atoms with E-state index in [-0.39, 0.29) is 17.3 Å². The highest BCUT2D eigenvalue weighted by Gasteiger charge is 2.21. The molecule has 0 spiro atoms. The Morgan fingerprint density at radius 3 is 2.76 bits per heavy atom. The van der Waals surface area contributed by atoms with Crippen LogP contribution >= 0.6 is 0 Å². The highest BCUT2D eigenvalue weighted by molar-refractivity contribution is 5.70. The first-order chi connectivity index (χ1) is 8.13. The van der Waals surface area contributed by atoms with Crippen molar-refractivity contribution in [1.82, 2.24) is 20.2 Å². The highest BCUT2D eigenvalue weighted by Crippen LogP contribution is 2.35. The van der Waals surface area contributed by atoms with E-state index in [2.05, 4.69) is 15.4 Å². The van der Waals surface area contributed by atoms with Gasteiger partial charge in [-0.3, -0.25) is 10.1 Å². The fourth-order valence-electron chi connectivity index (χ4n) is 1.45. The molecule has 0 radical (unpaired) electrons. The van der Waals surface area contributed by atoms with Crippen LogP contribution < -0.4 is 4.74 Å². The number of benzene rings is 1. The monoisotopic (exact) mass is 235 g/mol. The average molecular weight is 235 g/mol. The molecule has 1 heterocycles. The van der Waals surface area contributed by atoms with Crippen molar-refractivity contribution in [2.24, 2.45) is 7.05 Å². The molecule has 0 aliphatic rings. The van der Waals surface area contributed by atoms with Gasteiger partial charge in [-0.25, -0.2) is 0 Å². The van der Waals surface area contributed by atoms with Crippen LogP contribution in [-0.2, 0) is 7.05 Å². The summed E-state index contributed by atoms with van der Waals surface area (Å²) in [6.45, 7) is 0. The van der Waals surface area contributed by atoms with Gasteiger partial charge in [0.25, 0.3) is 0 Å². The summed E-state index contributed by atoms with van der Waals surface area (Å²) in [5.74, 6) is 0.415. The van der Waals surface area contributed by atoms with Gasteiger partial charge in [-0.15, -0.1) is 10.2 Å². The number of nitro benzene ring substituents is 1. The largest absolute Gasteiger partial charge is 0.490 e. The summed E-state index contributed by atoms with van der Waals surface area (Å²) in [5, 5.41) is 22.3. The minimum absolute atomic E-state index is 0.127. The molecule has 0 aliphatic heterocycles. The van der Waals surface area contributed by atoms with E-state index in [0.29, 0.717) is 5.56 Å². The fraction of sp³-hybridized carbons (Fsp3) is 0.222. The maximum Gasteiger partial charge on any atom is 0.311 e.